The molecule has 0 heterocycles. The second-order valence-corrected chi connectivity index (χ2v) is 5.58. The minimum absolute atomic E-state index is 0.137. The Morgan fingerprint density at radius 1 is 0.909 bits per heavy atom. The number of hydrogen-bond acceptors (Lipinski definition) is 4. The van der Waals surface area contributed by atoms with E-state index in [4.69, 9.17) is 0 Å². The van der Waals surface area contributed by atoms with Crippen molar-refractivity contribution >= 4 is 21.4 Å². The molecule has 2 rings (SSSR count). The third kappa shape index (κ3) is 9.49. The summed E-state index contributed by atoms with van der Waals surface area (Å²) in [5, 5.41) is 10.0. The van der Waals surface area contributed by atoms with E-state index < -0.39 is 14.9 Å². The summed E-state index contributed by atoms with van der Waals surface area (Å²) in [4.78, 5) is 9.59. The summed E-state index contributed by atoms with van der Waals surface area (Å²) in [7, 11) is -3.13. The van der Waals surface area contributed by atoms with E-state index in [1.54, 1.807) is 42.5 Å². The van der Waals surface area contributed by atoms with Crippen LogP contribution in [0.25, 0.3) is 0 Å². The van der Waals surface area contributed by atoms with E-state index in [0.29, 0.717) is 5.69 Å². The van der Waals surface area contributed by atoms with Crippen LogP contribution >= 0.6 is 0 Å². The normalized spacial score (nSPS) is 9.41. The number of hydrogen-bond donors (Lipinski definition) is 1. The molecule has 22 heavy (non-hydrogen) atoms. The summed E-state index contributed by atoms with van der Waals surface area (Å²) >= 11 is 0. The highest BCUT2D eigenvalue weighted by atomic mass is 32.2. The summed E-state index contributed by atoms with van der Waals surface area (Å²) < 4.78 is 23.7. The number of benzene rings is 2. The summed E-state index contributed by atoms with van der Waals surface area (Å²) in [5.41, 5.74) is 0.729. The van der Waals surface area contributed by atoms with Crippen molar-refractivity contribution in [2.45, 2.75) is 13.8 Å². The van der Waals surface area contributed by atoms with E-state index in [1.165, 1.54) is 12.1 Å². The Balaban J connectivity index is 0.000000366. The third-order valence-corrected chi connectivity index (χ3v) is 2.65. The van der Waals surface area contributed by atoms with Gasteiger partial charge >= 0.3 is 0 Å². The molecule has 2 aromatic rings. The van der Waals surface area contributed by atoms with E-state index >= 15 is 0 Å². The fraction of sp³-hybridized carbons (Fsp3) is 0.200. The lowest BCUT2D eigenvalue weighted by Crippen LogP contribution is -2.08. The number of sulfonamides is 1. The number of nitro groups is 1. The standard InChI is InChI=1S/C7H9NO2S.C6H5NO2.C2H6/c1-11(9,10)8-7-5-3-2-4-6-7;8-7(9)6-4-2-1-3-5-6;1-2/h2-6,8H,1H3;1-5H;1-2H3. The van der Waals surface area contributed by atoms with Gasteiger partial charge in [0, 0.05) is 17.8 Å². The molecular formula is C15H20N2O4S. The van der Waals surface area contributed by atoms with Crippen molar-refractivity contribution in [2.75, 3.05) is 11.0 Å². The van der Waals surface area contributed by atoms with Crippen LogP contribution in [0.15, 0.2) is 60.7 Å². The van der Waals surface area contributed by atoms with Crippen molar-refractivity contribution < 1.29 is 13.3 Å². The highest BCUT2D eigenvalue weighted by molar-refractivity contribution is 7.92. The summed E-state index contributed by atoms with van der Waals surface area (Å²) in [6, 6.07) is 16.7. The second-order valence-electron chi connectivity index (χ2n) is 3.83. The van der Waals surface area contributed by atoms with Gasteiger partial charge in [0.1, 0.15) is 0 Å². The number of para-hydroxylation sites is 2. The quantitative estimate of drug-likeness (QED) is 0.689. The van der Waals surface area contributed by atoms with Crippen molar-refractivity contribution in [3.8, 4) is 0 Å². The monoisotopic (exact) mass is 324 g/mol. The molecule has 0 spiro atoms. The van der Waals surface area contributed by atoms with E-state index in [9.17, 15) is 18.5 Å². The first-order chi connectivity index (χ1) is 10.4. The van der Waals surface area contributed by atoms with Crippen LogP contribution in [0, 0.1) is 10.1 Å². The molecule has 0 unspecified atom stereocenters. The molecule has 0 atom stereocenters. The fourth-order valence-electron chi connectivity index (χ4n) is 1.27. The average molecular weight is 324 g/mol. The number of rotatable bonds is 3. The van der Waals surface area contributed by atoms with Gasteiger partial charge in [0.05, 0.1) is 11.2 Å². The molecule has 7 heteroatoms. The van der Waals surface area contributed by atoms with Gasteiger partial charge in [-0.05, 0) is 12.1 Å². The van der Waals surface area contributed by atoms with E-state index in [-0.39, 0.29) is 5.69 Å². The van der Waals surface area contributed by atoms with Crippen molar-refractivity contribution in [1.82, 2.24) is 0 Å². The number of anilines is 1. The van der Waals surface area contributed by atoms with Gasteiger partial charge in [-0.15, -0.1) is 0 Å². The number of nitrogens with zero attached hydrogens (tertiary/aromatic N) is 1. The predicted octanol–water partition coefficient (Wildman–Crippen LogP) is 3.68. The lowest BCUT2D eigenvalue weighted by atomic mass is 10.3. The van der Waals surface area contributed by atoms with Gasteiger partial charge in [-0.1, -0.05) is 50.2 Å². The molecule has 0 saturated heterocycles. The number of non-ortho nitro benzene ring substituents is 1. The molecule has 0 saturated carbocycles. The van der Waals surface area contributed by atoms with Crippen LogP contribution in [0.3, 0.4) is 0 Å². The Labute approximate surface area is 131 Å². The molecule has 0 aliphatic heterocycles. The molecule has 2 aromatic carbocycles. The first kappa shape index (κ1) is 19.6. The molecule has 6 nitrogen and oxygen atoms in total. The molecule has 0 radical (unpaired) electrons. The lowest BCUT2D eigenvalue weighted by Gasteiger charge is -2.00. The Morgan fingerprint density at radius 3 is 1.64 bits per heavy atom. The molecule has 0 aliphatic carbocycles. The van der Waals surface area contributed by atoms with E-state index in [0.717, 1.165) is 6.26 Å². The number of nitro benzene ring substituents is 1. The van der Waals surface area contributed by atoms with Gasteiger partial charge in [0.2, 0.25) is 10.0 Å². The minimum Gasteiger partial charge on any atom is -0.284 e. The molecule has 0 aliphatic rings. The van der Waals surface area contributed by atoms with Gasteiger partial charge in [0.15, 0.2) is 0 Å². The van der Waals surface area contributed by atoms with Crippen LogP contribution in [0.1, 0.15) is 13.8 Å². The second kappa shape index (κ2) is 10.3. The smallest absolute Gasteiger partial charge is 0.269 e. The van der Waals surface area contributed by atoms with E-state index in [2.05, 4.69) is 4.72 Å². The molecular weight excluding hydrogens is 304 g/mol. The summed E-state index contributed by atoms with van der Waals surface area (Å²) in [5.74, 6) is 0. The van der Waals surface area contributed by atoms with Crippen LogP contribution < -0.4 is 4.72 Å². The zero-order valence-corrected chi connectivity index (χ0v) is 13.6. The van der Waals surface area contributed by atoms with Crippen molar-refractivity contribution in [2.24, 2.45) is 0 Å². The molecule has 0 bridgehead atoms. The van der Waals surface area contributed by atoms with Crippen LogP contribution in [-0.2, 0) is 10.0 Å². The highest BCUT2D eigenvalue weighted by Crippen LogP contribution is 2.07. The van der Waals surface area contributed by atoms with E-state index in [1.807, 2.05) is 19.9 Å². The maximum Gasteiger partial charge on any atom is 0.269 e. The molecule has 120 valence electrons. The Morgan fingerprint density at radius 2 is 1.32 bits per heavy atom. The number of nitrogens with one attached hydrogen (secondary N) is 1. The van der Waals surface area contributed by atoms with Crippen LogP contribution in [0.4, 0.5) is 11.4 Å². The zero-order chi connectivity index (χ0) is 17.0. The van der Waals surface area contributed by atoms with Gasteiger partial charge in [-0.3, -0.25) is 14.8 Å². The zero-order valence-electron chi connectivity index (χ0n) is 12.8. The average Bonchev–Trinajstić information content (AvgIpc) is 2.50. The SMILES string of the molecule is CC.CS(=O)(=O)Nc1ccccc1.O=[N+]([O-])c1ccccc1. The van der Waals surface area contributed by atoms with Crippen LogP contribution in [0.2, 0.25) is 0 Å². The molecule has 0 aromatic heterocycles. The van der Waals surface area contributed by atoms with Gasteiger partial charge in [-0.25, -0.2) is 8.42 Å². The Kier molecular flexibility index (Phi) is 9.20. The summed E-state index contributed by atoms with van der Waals surface area (Å²) in [6.07, 6.45) is 1.12. The van der Waals surface area contributed by atoms with Crippen molar-refractivity contribution in [3.63, 3.8) is 0 Å². The van der Waals surface area contributed by atoms with Gasteiger partial charge in [0.25, 0.3) is 5.69 Å². The van der Waals surface area contributed by atoms with Gasteiger partial charge in [-0.2, -0.15) is 0 Å². The maximum absolute atomic E-state index is 10.7. The Hall–Kier alpha value is -2.41. The molecule has 1 N–H and O–H groups in total. The first-order valence-electron chi connectivity index (χ1n) is 6.61. The predicted molar refractivity (Wildman–Crippen MR) is 89.4 cm³/mol. The lowest BCUT2D eigenvalue weighted by molar-refractivity contribution is -0.384. The molecule has 0 amide bonds. The molecule has 0 fully saturated rings. The minimum atomic E-state index is -3.13. The van der Waals surface area contributed by atoms with Crippen LogP contribution in [-0.4, -0.2) is 19.6 Å². The fourth-order valence-corrected chi connectivity index (χ4v) is 1.83. The van der Waals surface area contributed by atoms with Crippen molar-refractivity contribution in [3.05, 3.63) is 70.8 Å². The Bertz CT molecular complexity index is 644. The topological polar surface area (TPSA) is 89.3 Å². The van der Waals surface area contributed by atoms with Crippen molar-refractivity contribution in [1.29, 1.82) is 0 Å². The van der Waals surface area contributed by atoms with Crippen LogP contribution in [0.5, 0.6) is 0 Å². The largest absolute Gasteiger partial charge is 0.284 e. The third-order valence-electron chi connectivity index (χ3n) is 2.04. The van der Waals surface area contributed by atoms with Gasteiger partial charge < -0.3 is 0 Å². The highest BCUT2D eigenvalue weighted by Gasteiger charge is 1.99. The maximum atomic E-state index is 10.7. The summed E-state index contributed by atoms with van der Waals surface area (Å²) in [6.45, 7) is 4.00. The first-order valence-corrected chi connectivity index (χ1v) is 8.50.